The van der Waals surface area contributed by atoms with Crippen LogP contribution in [0.5, 0.6) is 0 Å². The van der Waals surface area contributed by atoms with E-state index in [9.17, 15) is 13.6 Å². The topological polar surface area (TPSA) is 29.1 Å². The summed E-state index contributed by atoms with van der Waals surface area (Å²) in [6.45, 7) is 1.64. The lowest BCUT2D eigenvalue weighted by Crippen LogP contribution is -2.34. The number of carbonyl (C=O) groups excluding carboxylic acids is 1. The fourth-order valence-corrected chi connectivity index (χ4v) is 1.57. The van der Waals surface area contributed by atoms with E-state index in [1.54, 1.807) is 6.92 Å². The van der Waals surface area contributed by atoms with Crippen molar-refractivity contribution >= 4 is 33.4 Å². The smallest absolute Gasteiger partial charge is 0.257 e. The van der Waals surface area contributed by atoms with Gasteiger partial charge in [-0.15, -0.1) is 11.6 Å². The molecule has 1 N–H and O–H groups in total. The van der Waals surface area contributed by atoms with Crippen LogP contribution in [0.3, 0.4) is 0 Å². The van der Waals surface area contributed by atoms with E-state index in [1.165, 1.54) is 0 Å². The second kappa shape index (κ2) is 5.59. The Labute approximate surface area is 105 Å². The van der Waals surface area contributed by atoms with E-state index < -0.39 is 23.1 Å². The van der Waals surface area contributed by atoms with Gasteiger partial charge in [0.15, 0.2) is 0 Å². The number of carbonyl (C=O) groups is 1. The van der Waals surface area contributed by atoms with Gasteiger partial charge in [0.1, 0.15) is 17.2 Å². The highest BCUT2D eigenvalue weighted by Gasteiger charge is 2.19. The van der Waals surface area contributed by atoms with Crippen LogP contribution in [0.15, 0.2) is 16.6 Å². The zero-order chi connectivity index (χ0) is 12.3. The minimum atomic E-state index is -0.911. The Morgan fingerprint density at radius 3 is 2.44 bits per heavy atom. The van der Waals surface area contributed by atoms with Crippen LogP contribution >= 0.6 is 27.5 Å². The summed E-state index contributed by atoms with van der Waals surface area (Å²) in [5.41, 5.74) is -0.597. The van der Waals surface area contributed by atoms with Crippen molar-refractivity contribution in [2.24, 2.45) is 0 Å². The number of amides is 1. The van der Waals surface area contributed by atoms with Crippen molar-refractivity contribution in [3.8, 4) is 0 Å². The summed E-state index contributed by atoms with van der Waals surface area (Å²) in [4.78, 5) is 11.5. The zero-order valence-corrected chi connectivity index (χ0v) is 10.7. The van der Waals surface area contributed by atoms with Crippen molar-refractivity contribution in [2.45, 2.75) is 13.0 Å². The molecule has 1 rings (SSSR count). The minimum Gasteiger partial charge on any atom is -0.348 e. The molecule has 0 heterocycles. The summed E-state index contributed by atoms with van der Waals surface area (Å²) >= 11 is 8.41. The molecule has 0 fully saturated rings. The van der Waals surface area contributed by atoms with Crippen LogP contribution in [0.4, 0.5) is 8.78 Å². The van der Waals surface area contributed by atoms with E-state index in [2.05, 4.69) is 21.2 Å². The predicted molar refractivity (Wildman–Crippen MR) is 61.7 cm³/mol. The lowest BCUT2D eigenvalue weighted by atomic mass is 10.1. The molecule has 88 valence electrons. The molecule has 1 amide bonds. The lowest BCUT2D eigenvalue weighted by Gasteiger charge is -2.11. The Bertz CT molecular complexity index is 391. The number of alkyl halides is 1. The highest BCUT2D eigenvalue weighted by molar-refractivity contribution is 9.10. The molecule has 1 atom stereocenters. The van der Waals surface area contributed by atoms with Gasteiger partial charge in [0.2, 0.25) is 0 Å². The number of hydrogen-bond donors (Lipinski definition) is 1. The van der Waals surface area contributed by atoms with Crippen LogP contribution in [-0.4, -0.2) is 17.8 Å². The SMILES string of the molecule is CC(CCl)NC(=O)c1c(F)cc(Br)cc1F. The van der Waals surface area contributed by atoms with Gasteiger partial charge in [-0.05, 0) is 19.1 Å². The predicted octanol–water partition coefficient (Wildman–Crippen LogP) is 3.08. The standard InChI is InChI=1S/C10H9BrClF2NO/c1-5(4-12)15-10(16)9-7(13)2-6(11)3-8(9)14/h2-3,5H,4H2,1H3,(H,15,16). The van der Waals surface area contributed by atoms with Gasteiger partial charge in [-0.1, -0.05) is 15.9 Å². The van der Waals surface area contributed by atoms with Gasteiger partial charge in [-0.25, -0.2) is 8.78 Å². The Morgan fingerprint density at radius 1 is 1.50 bits per heavy atom. The molecular formula is C10H9BrClF2NO. The van der Waals surface area contributed by atoms with Crippen molar-refractivity contribution in [1.82, 2.24) is 5.32 Å². The second-order valence-electron chi connectivity index (χ2n) is 3.27. The van der Waals surface area contributed by atoms with Gasteiger partial charge < -0.3 is 5.32 Å². The Kier molecular flexibility index (Phi) is 4.68. The molecule has 16 heavy (non-hydrogen) atoms. The molecule has 0 spiro atoms. The molecular weight excluding hydrogens is 303 g/mol. The summed E-state index contributed by atoms with van der Waals surface area (Å²) in [6.07, 6.45) is 0. The third-order valence-electron chi connectivity index (χ3n) is 1.84. The molecule has 1 aromatic rings. The molecule has 0 aromatic heterocycles. The van der Waals surface area contributed by atoms with Gasteiger partial charge in [0.25, 0.3) is 5.91 Å². The third kappa shape index (κ3) is 3.15. The number of nitrogens with one attached hydrogen (secondary N) is 1. The fraction of sp³-hybridized carbons (Fsp3) is 0.300. The van der Waals surface area contributed by atoms with Crippen LogP contribution in [0.2, 0.25) is 0 Å². The third-order valence-corrected chi connectivity index (χ3v) is 2.76. The quantitative estimate of drug-likeness (QED) is 0.854. The summed E-state index contributed by atoms with van der Waals surface area (Å²) in [6, 6.07) is 1.71. The first-order chi connectivity index (χ1) is 7.45. The molecule has 0 aliphatic rings. The van der Waals surface area contributed by atoms with E-state index in [1.807, 2.05) is 0 Å². The molecule has 0 bridgehead atoms. The molecule has 0 aliphatic heterocycles. The molecule has 0 saturated heterocycles. The lowest BCUT2D eigenvalue weighted by molar-refractivity contribution is 0.0935. The van der Waals surface area contributed by atoms with E-state index in [0.29, 0.717) is 0 Å². The molecule has 2 nitrogen and oxygen atoms in total. The van der Waals surface area contributed by atoms with Crippen molar-refractivity contribution < 1.29 is 13.6 Å². The van der Waals surface area contributed by atoms with E-state index in [4.69, 9.17) is 11.6 Å². The normalized spacial score (nSPS) is 12.3. The van der Waals surface area contributed by atoms with E-state index in [-0.39, 0.29) is 16.4 Å². The van der Waals surface area contributed by atoms with Crippen LogP contribution in [0.25, 0.3) is 0 Å². The van der Waals surface area contributed by atoms with Crippen molar-refractivity contribution in [1.29, 1.82) is 0 Å². The highest BCUT2D eigenvalue weighted by atomic mass is 79.9. The summed E-state index contributed by atoms with van der Waals surface area (Å²) in [5.74, 6) is -2.46. The second-order valence-corrected chi connectivity index (χ2v) is 4.50. The van der Waals surface area contributed by atoms with Crippen LogP contribution < -0.4 is 5.32 Å². The monoisotopic (exact) mass is 311 g/mol. The number of halogens is 4. The number of rotatable bonds is 3. The van der Waals surface area contributed by atoms with Crippen LogP contribution in [-0.2, 0) is 0 Å². The Balaban J connectivity index is 3.00. The maximum absolute atomic E-state index is 13.4. The average Bonchev–Trinajstić information content (AvgIpc) is 2.15. The molecule has 6 heteroatoms. The molecule has 1 unspecified atom stereocenters. The van der Waals surface area contributed by atoms with Gasteiger partial charge in [0, 0.05) is 16.4 Å². The van der Waals surface area contributed by atoms with Gasteiger partial charge in [-0.2, -0.15) is 0 Å². The van der Waals surface area contributed by atoms with E-state index in [0.717, 1.165) is 12.1 Å². The first kappa shape index (κ1) is 13.4. The largest absolute Gasteiger partial charge is 0.348 e. The van der Waals surface area contributed by atoms with Gasteiger partial charge in [0.05, 0.1) is 0 Å². The van der Waals surface area contributed by atoms with E-state index >= 15 is 0 Å². The average molecular weight is 313 g/mol. The Hall–Kier alpha value is -0.680. The molecule has 1 aromatic carbocycles. The first-order valence-corrected chi connectivity index (χ1v) is 5.79. The first-order valence-electron chi connectivity index (χ1n) is 4.47. The van der Waals surface area contributed by atoms with Crippen molar-refractivity contribution in [3.63, 3.8) is 0 Å². The molecule has 0 saturated carbocycles. The van der Waals surface area contributed by atoms with Gasteiger partial charge >= 0.3 is 0 Å². The number of hydrogen-bond acceptors (Lipinski definition) is 1. The molecule has 0 aliphatic carbocycles. The fourth-order valence-electron chi connectivity index (χ4n) is 1.09. The number of benzene rings is 1. The summed E-state index contributed by atoms with van der Waals surface area (Å²) in [7, 11) is 0. The van der Waals surface area contributed by atoms with Crippen LogP contribution in [0.1, 0.15) is 17.3 Å². The highest BCUT2D eigenvalue weighted by Crippen LogP contribution is 2.19. The van der Waals surface area contributed by atoms with Gasteiger partial charge in [-0.3, -0.25) is 4.79 Å². The maximum atomic E-state index is 13.4. The zero-order valence-electron chi connectivity index (χ0n) is 8.36. The Morgan fingerprint density at radius 2 is 2.00 bits per heavy atom. The summed E-state index contributed by atoms with van der Waals surface area (Å²) < 4.78 is 26.9. The molecule has 0 radical (unpaired) electrons. The van der Waals surface area contributed by atoms with Crippen LogP contribution in [0, 0.1) is 11.6 Å². The minimum absolute atomic E-state index is 0.172. The maximum Gasteiger partial charge on any atom is 0.257 e. The van der Waals surface area contributed by atoms with Crippen molar-refractivity contribution in [3.05, 3.63) is 33.8 Å². The summed E-state index contributed by atoms with van der Waals surface area (Å²) in [5, 5.41) is 2.38. The van der Waals surface area contributed by atoms with Crippen molar-refractivity contribution in [2.75, 3.05) is 5.88 Å².